The first kappa shape index (κ1) is 18.2. The molecule has 0 bridgehead atoms. The highest BCUT2D eigenvalue weighted by molar-refractivity contribution is 6.06. The summed E-state index contributed by atoms with van der Waals surface area (Å²) in [5.41, 5.74) is 3.02. The summed E-state index contributed by atoms with van der Waals surface area (Å²) in [5, 5.41) is 2.95. The SMILES string of the molecule is CC(C)Cc1ccccc1C(=O)Nc1cccc(C(=O)N2CCCC2)c1. The van der Waals surface area contributed by atoms with E-state index >= 15 is 0 Å². The highest BCUT2D eigenvalue weighted by Crippen LogP contribution is 2.19. The van der Waals surface area contributed by atoms with Gasteiger partial charge in [-0.2, -0.15) is 0 Å². The summed E-state index contributed by atoms with van der Waals surface area (Å²) in [5.74, 6) is 0.385. The minimum atomic E-state index is -0.132. The first-order chi connectivity index (χ1) is 12.5. The van der Waals surface area contributed by atoms with Crippen LogP contribution in [0.1, 0.15) is 53.0 Å². The minimum Gasteiger partial charge on any atom is -0.339 e. The van der Waals surface area contributed by atoms with E-state index in [2.05, 4.69) is 19.2 Å². The second-order valence-corrected chi connectivity index (χ2v) is 7.29. The van der Waals surface area contributed by atoms with E-state index in [9.17, 15) is 9.59 Å². The second-order valence-electron chi connectivity index (χ2n) is 7.29. The molecule has 136 valence electrons. The number of rotatable bonds is 5. The van der Waals surface area contributed by atoms with Gasteiger partial charge in [0.1, 0.15) is 0 Å². The van der Waals surface area contributed by atoms with E-state index in [1.54, 1.807) is 6.07 Å². The van der Waals surface area contributed by atoms with Crippen molar-refractivity contribution in [1.82, 2.24) is 4.90 Å². The molecule has 4 heteroatoms. The van der Waals surface area contributed by atoms with Crippen LogP contribution in [0.2, 0.25) is 0 Å². The van der Waals surface area contributed by atoms with E-state index in [-0.39, 0.29) is 11.8 Å². The Morgan fingerprint density at radius 1 is 1.04 bits per heavy atom. The van der Waals surface area contributed by atoms with Crippen molar-refractivity contribution in [2.75, 3.05) is 18.4 Å². The van der Waals surface area contributed by atoms with Gasteiger partial charge < -0.3 is 10.2 Å². The van der Waals surface area contributed by atoms with Crippen LogP contribution in [0.15, 0.2) is 48.5 Å². The number of benzene rings is 2. The number of carbonyl (C=O) groups excluding carboxylic acids is 2. The molecule has 1 N–H and O–H groups in total. The molecule has 2 amide bonds. The Hall–Kier alpha value is -2.62. The van der Waals surface area contributed by atoms with Crippen LogP contribution in [-0.4, -0.2) is 29.8 Å². The number of amides is 2. The molecule has 3 rings (SSSR count). The van der Waals surface area contributed by atoms with Gasteiger partial charge in [0.25, 0.3) is 11.8 Å². The number of nitrogens with zero attached hydrogens (tertiary/aromatic N) is 1. The van der Waals surface area contributed by atoms with Crippen molar-refractivity contribution in [2.45, 2.75) is 33.1 Å². The Morgan fingerprint density at radius 2 is 1.77 bits per heavy atom. The second kappa shape index (κ2) is 8.17. The zero-order valence-electron chi connectivity index (χ0n) is 15.5. The van der Waals surface area contributed by atoms with Gasteiger partial charge in [0, 0.05) is 29.9 Å². The fourth-order valence-corrected chi connectivity index (χ4v) is 3.39. The third-order valence-corrected chi connectivity index (χ3v) is 4.65. The largest absolute Gasteiger partial charge is 0.339 e. The van der Waals surface area contributed by atoms with Crippen LogP contribution in [0.5, 0.6) is 0 Å². The molecule has 0 radical (unpaired) electrons. The van der Waals surface area contributed by atoms with Crippen molar-refractivity contribution in [3.05, 3.63) is 65.2 Å². The molecule has 0 aliphatic carbocycles. The third-order valence-electron chi connectivity index (χ3n) is 4.65. The number of likely N-dealkylation sites (tertiary alicyclic amines) is 1. The van der Waals surface area contributed by atoms with E-state index in [0.29, 0.717) is 22.7 Å². The van der Waals surface area contributed by atoms with Crippen molar-refractivity contribution in [3.8, 4) is 0 Å². The molecule has 0 saturated carbocycles. The van der Waals surface area contributed by atoms with E-state index in [4.69, 9.17) is 0 Å². The van der Waals surface area contributed by atoms with Gasteiger partial charge >= 0.3 is 0 Å². The van der Waals surface area contributed by atoms with E-state index < -0.39 is 0 Å². The van der Waals surface area contributed by atoms with Gasteiger partial charge in [-0.1, -0.05) is 38.1 Å². The van der Waals surface area contributed by atoms with Gasteiger partial charge in [-0.05, 0) is 55.0 Å². The molecule has 1 aliphatic rings. The number of carbonyl (C=O) groups is 2. The fraction of sp³-hybridized carbons (Fsp3) is 0.364. The summed E-state index contributed by atoms with van der Waals surface area (Å²) in [6.45, 7) is 5.92. The zero-order valence-corrected chi connectivity index (χ0v) is 15.5. The molecule has 26 heavy (non-hydrogen) atoms. The van der Waals surface area contributed by atoms with Crippen LogP contribution >= 0.6 is 0 Å². The fourth-order valence-electron chi connectivity index (χ4n) is 3.39. The Kier molecular flexibility index (Phi) is 5.71. The Balaban J connectivity index is 1.76. The van der Waals surface area contributed by atoms with Crippen molar-refractivity contribution in [3.63, 3.8) is 0 Å². The molecule has 1 saturated heterocycles. The standard InChI is InChI=1S/C22H26N2O2/c1-16(2)14-17-8-3-4-11-20(17)21(25)23-19-10-7-9-18(15-19)22(26)24-12-5-6-13-24/h3-4,7-11,15-16H,5-6,12-14H2,1-2H3,(H,23,25). The summed E-state index contributed by atoms with van der Waals surface area (Å²) in [7, 11) is 0. The highest BCUT2D eigenvalue weighted by Gasteiger charge is 2.20. The summed E-state index contributed by atoms with van der Waals surface area (Å²) < 4.78 is 0. The predicted molar refractivity (Wildman–Crippen MR) is 105 cm³/mol. The van der Waals surface area contributed by atoms with Gasteiger partial charge in [0.05, 0.1) is 0 Å². The summed E-state index contributed by atoms with van der Waals surface area (Å²) in [4.78, 5) is 27.2. The predicted octanol–water partition coefficient (Wildman–Crippen LogP) is 4.37. The van der Waals surface area contributed by atoms with Crippen LogP contribution in [0, 0.1) is 5.92 Å². The lowest BCUT2D eigenvalue weighted by Crippen LogP contribution is -2.27. The number of nitrogens with one attached hydrogen (secondary N) is 1. The summed E-state index contributed by atoms with van der Waals surface area (Å²) in [6, 6.07) is 14.9. The lowest BCUT2D eigenvalue weighted by molar-refractivity contribution is 0.0792. The molecule has 1 heterocycles. The maximum atomic E-state index is 12.7. The van der Waals surface area contributed by atoms with Crippen LogP contribution in [0.25, 0.3) is 0 Å². The monoisotopic (exact) mass is 350 g/mol. The summed E-state index contributed by atoms with van der Waals surface area (Å²) >= 11 is 0. The smallest absolute Gasteiger partial charge is 0.255 e. The Labute approximate surface area is 155 Å². The maximum absolute atomic E-state index is 12.7. The van der Waals surface area contributed by atoms with Crippen molar-refractivity contribution < 1.29 is 9.59 Å². The lowest BCUT2D eigenvalue weighted by atomic mass is 9.97. The molecule has 0 atom stereocenters. The van der Waals surface area contributed by atoms with Gasteiger partial charge in [-0.3, -0.25) is 9.59 Å². The normalized spacial score (nSPS) is 13.9. The molecule has 2 aromatic carbocycles. The van der Waals surface area contributed by atoms with E-state index in [0.717, 1.165) is 37.9 Å². The molecule has 0 spiro atoms. The average molecular weight is 350 g/mol. The topological polar surface area (TPSA) is 49.4 Å². The quantitative estimate of drug-likeness (QED) is 0.870. The molecular weight excluding hydrogens is 324 g/mol. The van der Waals surface area contributed by atoms with Crippen LogP contribution < -0.4 is 5.32 Å². The van der Waals surface area contributed by atoms with Crippen molar-refractivity contribution >= 4 is 17.5 Å². The molecule has 4 nitrogen and oxygen atoms in total. The first-order valence-electron chi connectivity index (χ1n) is 9.33. The molecule has 0 aromatic heterocycles. The van der Waals surface area contributed by atoms with Gasteiger partial charge in [0.2, 0.25) is 0 Å². The van der Waals surface area contributed by atoms with Crippen LogP contribution in [0.3, 0.4) is 0 Å². The third kappa shape index (κ3) is 4.31. The lowest BCUT2D eigenvalue weighted by Gasteiger charge is -2.16. The molecule has 0 unspecified atom stereocenters. The molecule has 1 aliphatic heterocycles. The van der Waals surface area contributed by atoms with E-state index in [1.807, 2.05) is 47.4 Å². The molecule has 1 fully saturated rings. The van der Waals surface area contributed by atoms with Crippen molar-refractivity contribution in [2.24, 2.45) is 5.92 Å². The van der Waals surface area contributed by atoms with Crippen LogP contribution in [0.4, 0.5) is 5.69 Å². The number of hydrogen-bond acceptors (Lipinski definition) is 2. The van der Waals surface area contributed by atoms with Gasteiger partial charge in [-0.25, -0.2) is 0 Å². The zero-order chi connectivity index (χ0) is 18.5. The first-order valence-corrected chi connectivity index (χ1v) is 9.33. The number of hydrogen-bond donors (Lipinski definition) is 1. The highest BCUT2D eigenvalue weighted by atomic mass is 16.2. The number of anilines is 1. The Morgan fingerprint density at radius 3 is 2.50 bits per heavy atom. The van der Waals surface area contributed by atoms with Crippen molar-refractivity contribution in [1.29, 1.82) is 0 Å². The molecular formula is C22H26N2O2. The minimum absolute atomic E-state index is 0.0406. The van der Waals surface area contributed by atoms with Gasteiger partial charge in [0.15, 0.2) is 0 Å². The average Bonchev–Trinajstić information content (AvgIpc) is 3.16. The van der Waals surface area contributed by atoms with Crippen LogP contribution in [-0.2, 0) is 6.42 Å². The van der Waals surface area contributed by atoms with E-state index in [1.165, 1.54) is 0 Å². The van der Waals surface area contributed by atoms with Gasteiger partial charge in [-0.15, -0.1) is 0 Å². The maximum Gasteiger partial charge on any atom is 0.255 e. The Bertz CT molecular complexity index is 792. The molecule has 2 aromatic rings. The summed E-state index contributed by atoms with van der Waals surface area (Å²) in [6.07, 6.45) is 2.99.